The smallest absolute Gasteiger partial charge is 0.310 e. The molecule has 0 saturated heterocycles. The van der Waals surface area contributed by atoms with Gasteiger partial charge in [-0.25, -0.2) is 0 Å². The van der Waals surface area contributed by atoms with E-state index in [-0.39, 0.29) is 12.4 Å². The second-order valence-electron chi connectivity index (χ2n) is 3.05. The Kier molecular flexibility index (Phi) is 4.66. The molecule has 1 aromatic rings. The first-order valence-electron chi connectivity index (χ1n) is 4.65. The Labute approximate surface area is 104 Å². The summed E-state index contributed by atoms with van der Waals surface area (Å²) >= 11 is 10.0. The van der Waals surface area contributed by atoms with E-state index in [1.165, 1.54) is 6.07 Å². The van der Waals surface area contributed by atoms with Gasteiger partial charge in [0, 0.05) is 9.92 Å². The summed E-state index contributed by atoms with van der Waals surface area (Å²) in [6.07, 6.45) is 0.0713. The van der Waals surface area contributed by atoms with E-state index in [4.69, 9.17) is 21.6 Å². The maximum absolute atomic E-state index is 11.3. The molecular formula is C11H10ClNO2S. The Bertz CT molecular complexity index is 454. The molecule has 0 N–H and O–H groups in total. The van der Waals surface area contributed by atoms with Crippen molar-refractivity contribution in [3.05, 3.63) is 28.3 Å². The number of ether oxygens (including phenoxy) is 1. The van der Waals surface area contributed by atoms with E-state index in [0.717, 1.165) is 0 Å². The van der Waals surface area contributed by atoms with Crippen LogP contribution >= 0.6 is 24.2 Å². The van der Waals surface area contributed by atoms with Gasteiger partial charge in [0.05, 0.1) is 18.6 Å². The maximum atomic E-state index is 11.3. The fraction of sp³-hybridized carbons (Fsp3) is 0.273. The van der Waals surface area contributed by atoms with Gasteiger partial charge < -0.3 is 4.74 Å². The number of carbonyl (C=O) groups excluding carboxylic acids is 1. The third-order valence-electron chi connectivity index (χ3n) is 1.91. The molecule has 0 bridgehead atoms. The van der Waals surface area contributed by atoms with Gasteiger partial charge in [-0.15, -0.1) is 12.6 Å². The molecule has 0 aromatic heterocycles. The van der Waals surface area contributed by atoms with Crippen molar-refractivity contribution in [2.75, 3.05) is 6.61 Å². The molecule has 1 rings (SSSR count). The SMILES string of the molecule is CCOC(=O)Cc1cc(Cl)cc(C#N)c1S. The lowest BCUT2D eigenvalue weighted by Crippen LogP contribution is -2.08. The number of carbonyl (C=O) groups is 1. The number of halogens is 1. The van der Waals surface area contributed by atoms with E-state index in [1.54, 1.807) is 13.0 Å². The normalized spacial score (nSPS) is 9.62. The molecule has 1 aromatic carbocycles. The fourth-order valence-electron chi connectivity index (χ4n) is 1.24. The summed E-state index contributed by atoms with van der Waals surface area (Å²) in [5, 5.41) is 9.24. The van der Waals surface area contributed by atoms with Crippen molar-refractivity contribution < 1.29 is 9.53 Å². The maximum Gasteiger partial charge on any atom is 0.310 e. The van der Waals surface area contributed by atoms with Crippen LogP contribution in [-0.2, 0) is 16.0 Å². The highest BCUT2D eigenvalue weighted by Crippen LogP contribution is 2.24. The predicted octanol–water partition coefficient (Wildman–Crippen LogP) is 2.61. The Hall–Kier alpha value is -1.18. The average molecular weight is 256 g/mol. The summed E-state index contributed by atoms with van der Waals surface area (Å²) < 4.78 is 4.82. The minimum Gasteiger partial charge on any atom is -0.466 e. The number of nitriles is 1. The van der Waals surface area contributed by atoms with Gasteiger partial charge in [0.2, 0.25) is 0 Å². The van der Waals surface area contributed by atoms with Crippen molar-refractivity contribution in [1.82, 2.24) is 0 Å². The van der Waals surface area contributed by atoms with Crippen molar-refractivity contribution in [2.24, 2.45) is 0 Å². The molecule has 0 spiro atoms. The zero-order valence-corrected chi connectivity index (χ0v) is 10.3. The van der Waals surface area contributed by atoms with Crippen molar-refractivity contribution in [2.45, 2.75) is 18.2 Å². The van der Waals surface area contributed by atoms with Gasteiger partial charge in [-0.3, -0.25) is 4.79 Å². The van der Waals surface area contributed by atoms with Crippen LogP contribution in [0.15, 0.2) is 17.0 Å². The average Bonchev–Trinajstić information content (AvgIpc) is 2.23. The van der Waals surface area contributed by atoms with Crippen LogP contribution in [0.2, 0.25) is 5.02 Å². The molecule has 0 fully saturated rings. The standard InChI is InChI=1S/C11H10ClNO2S/c1-2-15-10(14)5-7-3-9(12)4-8(6-13)11(7)16/h3-4,16H,2,5H2,1H3. The lowest BCUT2D eigenvalue weighted by Gasteiger charge is -2.07. The van der Waals surface area contributed by atoms with Crippen LogP contribution in [0.25, 0.3) is 0 Å². The summed E-state index contributed by atoms with van der Waals surface area (Å²) in [5.41, 5.74) is 0.959. The summed E-state index contributed by atoms with van der Waals surface area (Å²) in [6.45, 7) is 2.06. The molecular weight excluding hydrogens is 246 g/mol. The highest BCUT2D eigenvalue weighted by molar-refractivity contribution is 7.80. The zero-order valence-electron chi connectivity index (χ0n) is 8.66. The Morgan fingerprint density at radius 1 is 1.62 bits per heavy atom. The van der Waals surface area contributed by atoms with Crippen molar-refractivity contribution in [1.29, 1.82) is 5.26 Å². The van der Waals surface area contributed by atoms with E-state index in [2.05, 4.69) is 12.6 Å². The second-order valence-corrected chi connectivity index (χ2v) is 3.94. The van der Waals surface area contributed by atoms with E-state index in [0.29, 0.717) is 27.7 Å². The molecule has 0 heterocycles. The van der Waals surface area contributed by atoms with Crippen LogP contribution in [0.1, 0.15) is 18.1 Å². The molecule has 84 valence electrons. The van der Waals surface area contributed by atoms with Gasteiger partial charge in [-0.1, -0.05) is 11.6 Å². The Balaban J connectivity index is 3.01. The highest BCUT2D eigenvalue weighted by atomic mass is 35.5. The van der Waals surface area contributed by atoms with Gasteiger partial charge in [-0.2, -0.15) is 5.26 Å². The number of nitrogens with zero attached hydrogens (tertiary/aromatic N) is 1. The zero-order chi connectivity index (χ0) is 12.1. The number of benzene rings is 1. The first kappa shape index (κ1) is 12.9. The quantitative estimate of drug-likeness (QED) is 0.667. The molecule has 0 aliphatic rings. The lowest BCUT2D eigenvalue weighted by atomic mass is 10.1. The van der Waals surface area contributed by atoms with Crippen LogP contribution in [0, 0.1) is 11.3 Å². The van der Waals surface area contributed by atoms with E-state index < -0.39 is 0 Å². The van der Waals surface area contributed by atoms with Crippen LogP contribution in [-0.4, -0.2) is 12.6 Å². The van der Waals surface area contributed by atoms with E-state index in [1.807, 2.05) is 6.07 Å². The van der Waals surface area contributed by atoms with Crippen LogP contribution < -0.4 is 0 Å². The molecule has 0 aliphatic carbocycles. The molecule has 0 radical (unpaired) electrons. The molecule has 0 aliphatic heterocycles. The first-order valence-corrected chi connectivity index (χ1v) is 5.48. The van der Waals surface area contributed by atoms with Gasteiger partial charge in [0.25, 0.3) is 0 Å². The second kappa shape index (κ2) is 5.78. The van der Waals surface area contributed by atoms with Gasteiger partial charge in [0.1, 0.15) is 6.07 Å². The van der Waals surface area contributed by atoms with Crippen LogP contribution in [0.3, 0.4) is 0 Å². The summed E-state index contributed by atoms with van der Waals surface area (Å²) in [5.74, 6) is -0.357. The number of thiol groups is 1. The summed E-state index contributed by atoms with van der Waals surface area (Å²) in [6, 6.07) is 5.09. The van der Waals surface area contributed by atoms with E-state index >= 15 is 0 Å². The third-order valence-corrected chi connectivity index (χ3v) is 2.66. The fourth-order valence-corrected chi connectivity index (χ4v) is 1.74. The Morgan fingerprint density at radius 2 is 2.31 bits per heavy atom. The largest absolute Gasteiger partial charge is 0.466 e. The monoisotopic (exact) mass is 255 g/mol. The molecule has 0 saturated carbocycles. The van der Waals surface area contributed by atoms with Crippen molar-refractivity contribution >= 4 is 30.2 Å². The third kappa shape index (κ3) is 3.16. The predicted molar refractivity (Wildman–Crippen MR) is 63.8 cm³/mol. The molecule has 0 amide bonds. The highest BCUT2D eigenvalue weighted by Gasteiger charge is 2.11. The van der Waals surface area contributed by atoms with Crippen LogP contribution in [0.5, 0.6) is 0 Å². The van der Waals surface area contributed by atoms with Crippen molar-refractivity contribution in [3.8, 4) is 6.07 Å². The minimum absolute atomic E-state index is 0.0713. The molecule has 16 heavy (non-hydrogen) atoms. The first-order chi connectivity index (χ1) is 7.58. The molecule has 5 heteroatoms. The summed E-state index contributed by atoms with van der Waals surface area (Å²) in [7, 11) is 0. The lowest BCUT2D eigenvalue weighted by molar-refractivity contribution is -0.142. The van der Waals surface area contributed by atoms with Crippen molar-refractivity contribution in [3.63, 3.8) is 0 Å². The topological polar surface area (TPSA) is 50.1 Å². The van der Waals surface area contributed by atoms with Gasteiger partial charge in [0.15, 0.2) is 0 Å². The number of hydrogen-bond acceptors (Lipinski definition) is 4. The summed E-state index contributed by atoms with van der Waals surface area (Å²) in [4.78, 5) is 11.8. The number of hydrogen-bond donors (Lipinski definition) is 1. The van der Waals surface area contributed by atoms with E-state index in [9.17, 15) is 4.79 Å². The van der Waals surface area contributed by atoms with Gasteiger partial charge in [-0.05, 0) is 24.6 Å². The molecule has 0 atom stereocenters. The van der Waals surface area contributed by atoms with Crippen LogP contribution in [0.4, 0.5) is 0 Å². The minimum atomic E-state index is -0.357. The number of rotatable bonds is 3. The Morgan fingerprint density at radius 3 is 2.88 bits per heavy atom. The number of esters is 1. The molecule has 0 unspecified atom stereocenters. The van der Waals surface area contributed by atoms with Gasteiger partial charge >= 0.3 is 5.97 Å². The molecule has 3 nitrogen and oxygen atoms in total.